The Kier molecular flexibility index (Phi) is 10.9. The molecule has 0 spiro atoms. The lowest BCUT2D eigenvalue weighted by Gasteiger charge is -2.44. The highest BCUT2D eigenvalue weighted by Gasteiger charge is 2.38. The lowest BCUT2D eigenvalue weighted by Crippen LogP contribution is -2.63. The number of alkyl halides is 1. The van der Waals surface area contributed by atoms with Gasteiger partial charge in [0, 0.05) is 38.9 Å². The van der Waals surface area contributed by atoms with Crippen molar-refractivity contribution in [3.63, 3.8) is 0 Å². The van der Waals surface area contributed by atoms with Crippen LogP contribution in [0.3, 0.4) is 0 Å². The molecule has 6 N–H and O–H groups in total. The Bertz CT molecular complexity index is 808. The van der Waals surface area contributed by atoms with Crippen molar-refractivity contribution in [3.8, 4) is 0 Å². The van der Waals surface area contributed by atoms with Gasteiger partial charge in [0.2, 0.25) is 11.8 Å². The first-order chi connectivity index (χ1) is 17.5. The number of halogens is 1. The summed E-state index contributed by atoms with van der Waals surface area (Å²) in [5, 5.41) is 6.63. The molecule has 9 nitrogen and oxygen atoms in total. The van der Waals surface area contributed by atoms with E-state index in [1.165, 1.54) is 0 Å². The van der Waals surface area contributed by atoms with Crippen LogP contribution in [-0.4, -0.2) is 98.6 Å². The molecule has 6 atom stereocenters. The predicted molar refractivity (Wildman–Crippen MR) is 146 cm³/mol. The monoisotopic (exact) mass is 523 g/mol. The number of amides is 2. The fraction of sp³-hybridized carbons (Fsp3) is 0.889. The Morgan fingerprint density at radius 1 is 1.30 bits per heavy atom. The lowest BCUT2D eigenvalue weighted by molar-refractivity contribution is -0.135. The second-order valence-corrected chi connectivity index (χ2v) is 11.9. The number of likely N-dealkylation sites (tertiary alicyclic amines) is 1. The number of nitrogens with two attached hydrogens (primary N) is 2. The van der Waals surface area contributed by atoms with Crippen molar-refractivity contribution < 1.29 is 14.0 Å². The normalized spacial score (nSPS) is 34.4. The van der Waals surface area contributed by atoms with Crippen LogP contribution in [0.2, 0.25) is 0 Å². The predicted octanol–water partition coefficient (Wildman–Crippen LogP) is 1.26. The molecule has 0 aromatic rings. The molecule has 0 saturated carbocycles. The molecule has 2 fully saturated rings. The number of piperidine rings is 2. The molecule has 0 radical (unpaired) electrons. The minimum atomic E-state index is -1.04. The summed E-state index contributed by atoms with van der Waals surface area (Å²) in [5.74, 6) is -0.878. The van der Waals surface area contributed by atoms with Crippen molar-refractivity contribution >= 4 is 17.5 Å². The van der Waals surface area contributed by atoms with E-state index in [4.69, 9.17) is 11.5 Å². The number of aliphatic imine (C=N–C) groups is 1. The summed E-state index contributed by atoms with van der Waals surface area (Å²) >= 11 is 0. The Hall–Kier alpha value is -1.62. The largest absolute Gasteiger partial charge is 0.350 e. The van der Waals surface area contributed by atoms with Crippen LogP contribution in [0.5, 0.6) is 0 Å². The maximum absolute atomic E-state index is 14.8. The third kappa shape index (κ3) is 7.94. The second kappa shape index (κ2) is 13.4. The van der Waals surface area contributed by atoms with Gasteiger partial charge in [-0.25, -0.2) is 4.39 Å². The van der Waals surface area contributed by atoms with Gasteiger partial charge in [-0.15, -0.1) is 0 Å². The lowest BCUT2D eigenvalue weighted by atomic mass is 9.77. The van der Waals surface area contributed by atoms with Crippen LogP contribution < -0.4 is 22.1 Å². The van der Waals surface area contributed by atoms with Gasteiger partial charge in [0.25, 0.3) is 0 Å². The summed E-state index contributed by atoms with van der Waals surface area (Å²) in [7, 11) is 3.61. The van der Waals surface area contributed by atoms with Gasteiger partial charge >= 0.3 is 0 Å². The van der Waals surface area contributed by atoms with E-state index >= 15 is 0 Å². The summed E-state index contributed by atoms with van der Waals surface area (Å²) in [6.45, 7) is 7.40. The molecular weight excluding hydrogens is 473 g/mol. The molecule has 0 aromatic heterocycles. The first kappa shape index (κ1) is 29.9. The van der Waals surface area contributed by atoms with Crippen LogP contribution in [0.25, 0.3) is 0 Å². The van der Waals surface area contributed by atoms with E-state index in [9.17, 15) is 14.0 Å². The quantitative estimate of drug-likeness (QED) is 0.372. The summed E-state index contributed by atoms with van der Waals surface area (Å²) in [6, 6.07) is -0.00878. The van der Waals surface area contributed by atoms with Gasteiger partial charge in [-0.2, -0.15) is 0 Å². The third-order valence-corrected chi connectivity index (χ3v) is 8.79. The van der Waals surface area contributed by atoms with E-state index in [2.05, 4.69) is 34.4 Å². The standard InChI is InChI=1S/C27H50FN7O2/c1-5-27(2)11-6-9-20(32-15-19(28)14-27)23(24(29)30)25(36)33-21-16-31-12-10-22(21)35-13-7-8-18(17-35)26(37)34(3)4/h18-19,21-24,31H,5-17,29-30H2,1-4H3,(H,33,36)/b32-20+. The highest BCUT2D eigenvalue weighted by Crippen LogP contribution is 2.35. The van der Waals surface area contributed by atoms with Gasteiger partial charge in [0.1, 0.15) is 12.1 Å². The summed E-state index contributed by atoms with van der Waals surface area (Å²) in [6.07, 6.45) is 4.48. The molecule has 3 rings (SSSR count). The minimum absolute atomic E-state index is 0.0177. The summed E-state index contributed by atoms with van der Waals surface area (Å²) in [4.78, 5) is 34.9. The molecule has 10 heteroatoms. The minimum Gasteiger partial charge on any atom is -0.350 e. The first-order valence-corrected chi connectivity index (χ1v) is 14.2. The van der Waals surface area contributed by atoms with Crippen LogP contribution in [0.15, 0.2) is 4.99 Å². The van der Waals surface area contributed by atoms with Gasteiger partial charge in [-0.1, -0.05) is 20.3 Å². The third-order valence-electron chi connectivity index (χ3n) is 8.79. The molecule has 0 aromatic carbocycles. The molecule has 2 saturated heterocycles. The summed E-state index contributed by atoms with van der Waals surface area (Å²) in [5.41, 5.74) is 12.9. The van der Waals surface area contributed by atoms with Gasteiger partial charge < -0.3 is 27.0 Å². The zero-order valence-corrected chi connectivity index (χ0v) is 23.3. The highest BCUT2D eigenvalue weighted by atomic mass is 19.1. The Morgan fingerprint density at radius 2 is 2.05 bits per heavy atom. The molecule has 37 heavy (non-hydrogen) atoms. The van der Waals surface area contributed by atoms with E-state index in [-0.39, 0.29) is 41.8 Å². The van der Waals surface area contributed by atoms with Gasteiger partial charge in [-0.3, -0.25) is 19.5 Å². The Balaban J connectivity index is 1.72. The Labute approximate surface area is 222 Å². The smallest absolute Gasteiger partial charge is 0.232 e. The van der Waals surface area contributed by atoms with E-state index < -0.39 is 18.3 Å². The van der Waals surface area contributed by atoms with Crippen LogP contribution in [0.4, 0.5) is 4.39 Å². The number of hydrogen-bond donors (Lipinski definition) is 4. The molecule has 0 aliphatic carbocycles. The molecule has 3 aliphatic rings. The Morgan fingerprint density at radius 3 is 2.73 bits per heavy atom. The topological polar surface area (TPSA) is 129 Å². The molecule has 3 heterocycles. The van der Waals surface area contributed by atoms with Crippen molar-refractivity contribution in [3.05, 3.63) is 0 Å². The second-order valence-electron chi connectivity index (χ2n) is 11.9. The molecule has 2 amide bonds. The van der Waals surface area contributed by atoms with Crippen molar-refractivity contribution in [1.82, 2.24) is 20.4 Å². The van der Waals surface area contributed by atoms with E-state index in [1.54, 1.807) is 19.0 Å². The van der Waals surface area contributed by atoms with Crippen molar-refractivity contribution in [2.75, 3.05) is 46.8 Å². The summed E-state index contributed by atoms with van der Waals surface area (Å²) < 4.78 is 14.8. The zero-order chi connectivity index (χ0) is 27.2. The number of nitrogens with one attached hydrogen (secondary N) is 2. The fourth-order valence-electron chi connectivity index (χ4n) is 6.39. The van der Waals surface area contributed by atoms with Crippen LogP contribution in [-0.2, 0) is 9.59 Å². The van der Waals surface area contributed by atoms with Crippen LogP contribution >= 0.6 is 0 Å². The number of hydrogen-bond acceptors (Lipinski definition) is 7. The van der Waals surface area contributed by atoms with Gasteiger partial charge in [-0.05, 0) is 63.5 Å². The highest BCUT2D eigenvalue weighted by molar-refractivity contribution is 6.05. The van der Waals surface area contributed by atoms with Gasteiger partial charge in [0.05, 0.1) is 24.7 Å². The molecule has 6 unspecified atom stereocenters. The fourth-order valence-corrected chi connectivity index (χ4v) is 6.39. The molecule has 0 bridgehead atoms. The van der Waals surface area contributed by atoms with Crippen molar-refractivity contribution in [1.29, 1.82) is 0 Å². The first-order valence-electron chi connectivity index (χ1n) is 14.2. The maximum atomic E-state index is 14.8. The number of carbonyl (C=O) groups excluding carboxylic acids is 2. The number of rotatable bonds is 7. The van der Waals surface area contributed by atoms with E-state index in [0.717, 1.165) is 51.6 Å². The van der Waals surface area contributed by atoms with Crippen molar-refractivity contribution in [2.45, 2.75) is 89.6 Å². The molecule has 212 valence electrons. The molecular formula is C27H50FN7O2. The van der Waals surface area contributed by atoms with E-state index in [0.29, 0.717) is 31.6 Å². The average Bonchev–Trinajstić information content (AvgIpc) is 2.93. The van der Waals surface area contributed by atoms with E-state index in [1.807, 2.05) is 0 Å². The average molecular weight is 524 g/mol. The zero-order valence-electron chi connectivity index (χ0n) is 23.3. The number of carbonyl (C=O) groups is 2. The SMILES string of the molecule is CCC1(C)CCC/C(C(C(=O)NC2CNCCC2N2CCCC(C(=O)N(C)C)C2)C(N)N)=N\CC(F)C1. The van der Waals surface area contributed by atoms with Crippen LogP contribution in [0.1, 0.15) is 65.2 Å². The van der Waals surface area contributed by atoms with Crippen LogP contribution in [0, 0.1) is 17.3 Å². The van der Waals surface area contributed by atoms with Gasteiger partial charge in [0.15, 0.2) is 0 Å². The number of nitrogens with zero attached hydrogens (tertiary/aromatic N) is 3. The van der Waals surface area contributed by atoms with Crippen molar-refractivity contribution in [2.24, 2.45) is 33.7 Å². The molecule has 3 aliphatic heterocycles. The maximum Gasteiger partial charge on any atom is 0.232 e.